The van der Waals surface area contributed by atoms with Gasteiger partial charge in [0.2, 0.25) is 6.10 Å². The lowest BCUT2D eigenvalue weighted by atomic mass is 10.3. The van der Waals surface area contributed by atoms with Gasteiger partial charge in [0.15, 0.2) is 0 Å². The van der Waals surface area contributed by atoms with E-state index in [2.05, 4.69) is 4.74 Å². The van der Waals surface area contributed by atoms with Crippen LogP contribution in [0.2, 0.25) is 0 Å². The van der Waals surface area contributed by atoms with E-state index in [0.717, 1.165) is 6.92 Å². The highest BCUT2D eigenvalue weighted by molar-refractivity contribution is 5.66. The molecule has 0 spiro atoms. The van der Waals surface area contributed by atoms with Crippen LogP contribution >= 0.6 is 0 Å². The fourth-order valence-corrected chi connectivity index (χ4v) is 0.557. The maximum absolute atomic E-state index is 10.3. The minimum Gasteiger partial charge on any atom is -0.393 e. The number of aliphatic hydroxyl groups excluding tert-OH is 2. The Labute approximate surface area is 72.5 Å². The van der Waals surface area contributed by atoms with E-state index in [1.807, 2.05) is 0 Å². The normalized spacial score (nSPS) is 17.2. The van der Waals surface area contributed by atoms with Crippen molar-refractivity contribution in [2.24, 2.45) is 0 Å². The molecular weight excluding hydrogens is 186 g/mol. The summed E-state index contributed by atoms with van der Waals surface area (Å²) in [5, 5.41) is 36.2. The second-order valence-corrected chi connectivity index (χ2v) is 2.21. The van der Waals surface area contributed by atoms with Gasteiger partial charge in [0.25, 0.3) is 0 Å². The minimum absolute atomic E-state index is 0.818. The molecule has 0 aromatic heterocycles. The van der Waals surface area contributed by atoms with Gasteiger partial charge in [-0.3, -0.25) is 20.0 Å². The van der Waals surface area contributed by atoms with Gasteiger partial charge in [0.05, 0.1) is 6.61 Å². The smallest absolute Gasteiger partial charge is 0.393 e. The molecule has 0 bridgehead atoms. The van der Waals surface area contributed by atoms with Crippen molar-refractivity contribution >= 4 is 5.97 Å². The van der Waals surface area contributed by atoms with Gasteiger partial charge in [-0.25, -0.2) is 0 Å². The van der Waals surface area contributed by atoms with Gasteiger partial charge in [-0.2, -0.15) is 0 Å². The van der Waals surface area contributed by atoms with E-state index in [1.165, 1.54) is 0 Å². The molecule has 3 N–H and O–H groups in total. The summed E-state index contributed by atoms with van der Waals surface area (Å²) in [7, 11) is 0. The zero-order valence-corrected chi connectivity index (χ0v) is 6.71. The molecule has 0 aliphatic carbocycles. The Morgan fingerprint density at radius 2 is 2.23 bits per heavy atom. The van der Waals surface area contributed by atoms with Gasteiger partial charge in [-0.05, 0) is 0 Å². The van der Waals surface area contributed by atoms with Gasteiger partial charge < -0.3 is 14.9 Å². The van der Waals surface area contributed by atoms with Crippen LogP contribution in [0.4, 0.5) is 0 Å². The Kier molecular flexibility index (Phi) is 3.72. The minimum atomic E-state index is -3.29. The third kappa shape index (κ3) is 2.61. The molecular formula is C5H9NO7. The molecule has 13 heavy (non-hydrogen) atoms. The Balaban J connectivity index is 4.72. The monoisotopic (exact) mass is 195 g/mol. The summed E-state index contributed by atoms with van der Waals surface area (Å²) in [6.07, 6.45) is -2.19. The topological polar surface area (TPSA) is 130 Å². The Bertz CT molecular complexity index is 217. The van der Waals surface area contributed by atoms with Crippen LogP contribution in [0.25, 0.3) is 0 Å². The van der Waals surface area contributed by atoms with E-state index in [4.69, 9.17) is 15.3 Å². The van der Waals surface area contributed by atoms with Crippen molar-refractivity contribution in [2.75, 3.05) is 6.61 Å². The first-order chi connectivity index (χ1) is 5.84. The van der Waals surface area contributed by atoms with Crippen LogP contribution in [-0.2, 0) is 9.53 Å². The van der Waals surface area contributed by atoms with E-state index in [-0.39, 0.29) is 0 Å². The molecule has 0 aliphatic rings. The lowest BCUT2D eigenvalue weighted by molar-refractivity contribution is -0.692. The highest BCUT2D eigenvalue weighted by atomic mass is 16.8. The van der Waals surface area contributed by atoms with Gasteiger partial charge >= 0.3 is 11.9 Å². The molecule has 0 saturated carbocycles. The average Bonchev–Trinajstić information content (AvgIpc) is 2.01. The summed E-state index contributed by atoms with van der Waals surface area (Å²) in [6, 6.07) is 0. The number of hydrogen-bond acceptors (Lipinski definition) is 7. The summed E-state index contributed by atoms with van der Waals surface area (Å²) in [5.41, 5.74) is 0. The zero-order chi connectivity index (χ0) is 10.6. The van der Waals surface area contributed by atoms with E-state index >= 15 is 0 Å². The zero-order valence-electron chi connectivity index (χ0n) is 6.71. The van der Waals surface area contributed by atoms with Crippen LogP contribution in [0.5, 0.6) is 0 Å². The summed E-state index contributed by atoms with van der Waals surface area (Å²) in [5.74, 6) is -4.44. The molecule has 2 unspecified atom stereocenters. The summed E-state index contributed by atoms with van der Waals surface area (Å²) in [6.45, 7) is -0.288. The Morgan fingerprint density at radius 3 is 2.46 bits per heavy atom. The number of nitro groups is 1. The number of nitrogens with zero attached hydrogens (tertiary/aromatic N) is 1. The number of carbonyl (C=O) groups is 1. The second-order valence-electron chi connectivity index (χ2n) is 2.21. The second kappa shape index (κ2) is 4.12. The lowest BCUT2D eigenvalue weighted by Gasteiger charge is -2.21. The predicted octanol–water partition coefficient (Wildman–Crippen LogP) is -2.17. The Hall–Kier alpha value is -1.25. The van der Waals surface area contributed by atoms with Gasteiger partial charge in [-0.1, -0.05) is 0 Å². The predicted molar refractivity (Wildman–Crippen MR) is 36.8 cm³/mol. The van der Waals surface area contributed by atoms with Crippen LogP contribution in [0.3, 0.4) is 0 Å². The van der Waals surface area contributed by atoms with Crippen LogP contribution < -0.4 is 0 Å². The summed E-state index contributed by atoms with van der Waals surface area (Å²) < 4.78 is 3.86. The van der Waals surface area contributed by atoms with Gasteiger partial charge in [-0.15, -0.1) is 0 Å². The van der Waals surface area contributed by atoms with E-state index < -0.39 is 29.5 Å². The molecule has 2 atom stereocenters. The van der Waals surface area contributed by atoms with E-state index in [9.17, 15) is 14.9 Å². The molecule has 8 heteroatoms. The standard InChI is InChI=1S/C5H9NO7/c1-3(8)13-5(10,6(11)12)4(9)2-7/h4,7,9-10H,2H2,1H3. The first-order valence-electron chi connectivity index (χ1n) is 3.20. The molecule has 0 rings (SSSR count). The molecule has 0 aromatic carbocycles. The number of rotatable bonds is 4. The average molecular weight is 195 g/mol. The molecule has 0 radical (unpaired) electrons. The number of carbonyl (C=O) groups excluding carboxylic acids is 1. The fraction of sp³-hybridized carbons (Fsp3) is 0.800. The van der Waals surface area contributed by atoms with Crippen LogP contribution in [-0.4, -0.2) is 44.8 Å². The van der Waals surface area contributed by atoms with Crippen molar-refractivity contribution in [1.29, 1.82) is 0 Å². The molecule has 76 valence electrons. The molecule has 0 aliphatic heterocycles. The third-order valence-corrected chi connectivity index (χ3v) is 1.16. The lowest BCUT2D eigenvalue weighted by Crippen LogP contribution is -2.54. The van der Waals surface area contributed by atoms with Crippen molar-refractivity contribution in [3.63, 3.8) is 0 Å². The number of ether oxygens (including phenoxy) is 1. The fourth-order valence-electron chi connectivity index (χ4n) is 0.557. The highest BCUT2D eigenvalue weighted by Gasteiger charge is 2.52. The number of esters is 1. The van der Waals surface area contributed by atoms with Crippen LogP contribution in [0, 0.1) is 10.1 Å². The van der Waals surface area contributed by atoms with Crippen LogP contribution in [0.1, 0.15) is 6.92 Å². The summed E-state index contributed by atoms with van der Waals surface area (Å²) in [4.78, 5) is 19.1. The van der Waals surface area contributed by atoms with Gasteiger partial charge in [0, 0.05) is 6.92 Å². The molecule has 0 saturated heterocycles. The van der Waals surface area contributed by atoms with Crippen molar-refractivity contribution < 1.29 is 29.8 Å². The highest BCUT2D eigenvalue weighted by Crippen LogP contribution is 2.13. The molecule has 0 aromatic rings. The molecule has 0 fully saturated rings. The quantitative estimate of drug-likeness (QED) is 0.201. The molecule has 0 heterocycles. The van der Waals surface area contributed by atoms with Gasteiger partial charge in [0.1, 0.15) is 4.92 Å². The van der Waals surface area contributed by atoms with Crippen LogP contribution in [0.15, 0.2) is 0 Å². The maximum atomic E-state index is 10.3. The number of aliphatic hydroxyl groups is 3. The SMILES string of the molecule is CC(=O)OC(O)(C(O)CO)[N+](=O)[O-]. The summed E-state index contributed by atoms with van der Waals surface area (Å²) >= 11 is 0. The van der Waals surface area contributed by atoms with Crippen molar-refractivity contribution in [3.8, 4) is 0 Å². The third-order valence-electron chi connectivity index (χ3n) is 1.16. The Morgan fingerprint density at radius 1 is 1.77 bits per heavy atom. The largest absolute Gasteiger partial charge is 0.512 e. The van der Waals surface area contributed by atoms with Crippen molar-refractivity contribution in [1.82, 2.24) is 0 Å². The molecule has 0 amide bonds. The maximum Gasteiger partial charge on any atom is 0.512 e. The molecule has 8 nitrogen and oxygen atoms in total. The van der Waals surface area contributed by atoms with Crippen molar-refractivity contribution in [2.45, 2.75) is 18.9 Å². The number of hydrogen-bond donors (Lipinski definition) is 3. The van der Waals surface area contributed by atoms with Crippen molar-refractivity contribution in [3.05, 3.63) is 10.1 Å². The first-order valence-corrected chi connectivity index (χ1v) is 3.20. The van der Waals surface area contributed by atoms with E-state index in [0.29, 0.717) is 0 Å². The van der Waals surface area contributed by atoms with E-state index in [1.54, 1.807) is 0 Å². The first kappa shape index (κ1) is 11.8.